The Morgan fingerprint density at radius 1 is 1.20 bits per heavy atom. The molecule has 2 N–H and O–H groups in total. The predicted molar refractivity (Wildman–Crippen MR) is 99.6 cm³/mol. The molecule has 0 saturated carbocycles. The molecule has 1 fully saturated rings. The lowest BCUT2D eigenvalue weighted by atomic mass is 9.86. The molecule has 0 amide bonds. The van der Waals surface area contributed by atoms with E-state index in [2.05, 4.69) is 30.1 Å². The zero-order valence-electron chi connectivity index (χ0n) is 15.5. The summed E-state index contributed by atoms with van der Waals surface area (Å²) in [7, 11) is 0. The van der Waals surface area contributed by atoms with Crippen LogP contribution >= 0.6 is 0 Å². The van der Waals surface area contributed by atoms with Crippen molar-refractivity contribution in [3.63, 3.8) is 0 Å². The van der Waals surface area contributed by atoms with E-state index in [-0.39, 0.29) is 0 Å². The number of rotatable bonds is 9. The molecule has 1 aliphatic rings. The highest BCUT2D eigenvalue weighted by Gasteiger charge is 2.39. The van der Waals surface area contributed by atoms with E-state index in [1.54, 1.807) is 12.1 Å². The van der Waals surface area contributed by atoms with Crippen LogP contribution in [0.3, 0.4) is 0 Å². The molecule has 1 heterocycles. The number of ether oxygens (including phenoxy) is 1. The van der Waals surface area contributed by atoms with Crippen molar-refractivity contribution in [1.82, 2.24) is 10.2 Å². The number of hydrogen-bond acceptors (Lipinski definition) is 5. The number of nitrogens with one attached hydrogen (secondary N) is 1. The molecule has 2 rings (SSSR count). The van der Waals surface area contributed by atoms with Crippen molar-refractivity contribution in [3.05, 3.63) is 29.8 Å². The fraction of sp³-hybridized carbons (Fsp3) is 0.650. The van der Waals surface area contributed by atoms with E-state index in [1.165, 1.54) is 0 Å². The van der Waals surface area contributed by atoms with Gasteiger partial charge in [0.2, 0.25) is 0 Å². The van der Waals surface area contributed by atoms with Crippen molar-refractivity contribution in [3.8, 4) is 11.8 Å². The Hall–Kier alpha value is -1.61. The highest BCUT2D eigenvalue weighted by atomic mass is 16.5. The smallest absolute Gasteiger partial charge is 0.136 e. The highest BCUT2D eigenvalue weighted by molar-refractivity contribution is 5.35. The normalized spacial score (nSPS) is 17.0. The molecular weight excluding hydrogens is 314 g/mol. The van der Waals surface area contributed by atoms with Crippen LogP contribution in [0.15, 0.2) is 24.3 Å². The van der Waals surface area contributed by atoms with Gasteiger partial charge in [-0.05, 0) is 37.1 Å². The first kappa shape index (κ1) is 19.7. The van der Waals surface area contributed by atoms with Gasteiger partial charge in [0.15, 0.2) is 0 Å². The van der Waals surface area contributed by atoms with Crippen molar-refractivity contribution in [2.75, 3.05) is 32.7 Å². The first-order chi connectivity index (χ1) is 12.1. The van der Waals surface area contributed by atoms with E-state index in [9.17, 15) is 5.11 Å². The van der Waals surface area contributed by atoms with Crippen molar-refractivity contribution in [1.29, 1.82) is 5.26 Å². The summed E-state index contributed by atoms with van der Waals surface area (Å²) in [4.78, 5) is 2.31. The lowest BCUT2D eigenvalue weighted by molar-refractivity contribution is -0.0796. The number of nitriles is 1. The average molecular weight is 345 g/mol. The number of benzene rings is 1. The van der Waals surface area contributed by atoms with Gasteiger partial charge >= 0.3 is 0 Å². The van der Waals surface area contributed by atoms with Gasteiger partial charge < -0.3 is 15.2 Å². The van der Waals surface area contributed by atoms with E-state index in [4.69, 9.17) is 10.00 Å². The third-order valence-electron chi connectivity index (χ3n) is 4.90. The van der Waals surface area contributed by atoms with E-state index in [1.807, 2.05) is 12.1 Å². The van der Waals surface area contributed by atoms with Crippen molar-refractivity contribution in [2.24, 2.45) is 0 Å². The second-order valence-corrected chi connectivity index (χ2v) is 6.87. The zero-order valence-corrected chi connectivity index (χ0v) is 15.5. The van der Waals surface area contributed by atoms with Crippen LogP contribution in [-0.2, 0) is 0 Å². The molecule has 1 saturated heterocycles. The minimum Gasteiger partial charge on any atom is -0.485 e. The minimum absolute atomic E-state index is 0.541. The van der Waals surface area contributed by atoms with Crippen LogP contribution in [0.5, 0.6) is 5.75 Å². The molecule has 25 heavy (non-hydrogen) atoms. The Morgan fingerprint density at radius 3 is 2.32 bits per heavy atom. The zero-order chi connectivity index (χ0) is 18.1. The molecule has 0 spiro atoms. The minimum atomic E-state index is -0.581. The largest absolute Gasteiger partial charge is 0.485 e. The van der Waals surface area contributed by atoms with Gasteiger partial charge in [-0.1, -0.05) is 26.7 Å². The molecule has 1 aromatic carbocycles. The molecule has 5 heteroatoms. The lowest BCUT2D eigenvalue weighted by Gasteiger charge is -2.41. The number of piperazine rings is 1. The van der Waals surface area contributed by atoms with Gasteiger partial charge in [0.25, 0.3) is 0 Å². The van der Waals surface area contributed by atoms with E-state index in [0.29, 0.717) is 12.1 Å². The standard InChI is InChI=1S/C20H31N3O2/c1-3-9-20(10-4-2,19(24)16-23-13-11-22-12-14-23)25-18-7-5-17(15-21)6-8-18/h5-8,19,22,24H,3-4,9-14,16H2,1-2H3. The average Bonchev–Trinajstić information content (AvgIpc) is 2.63. The summed E-state index contributed by atoms with van der Waals surface area (Å²) in [6, 6.07) is 9.31. The topological polar surface area (TPSA) is 68.5 Å². The Bertz CT molecular complexity index is 541. The van der Waals surface area contributed by atoms with Gasteiger partial charge in [0.1, 0.15) is 17.5 Å². The molecule has 0 bridgehead atoms. The molecular formula is C20H31N3O2. The number of hydrogen-bond donors (Lipinski definition) is 2. The summed E-state index contributed by atoms with van der Waals surface area (Å²) in [5, 5.41) is 23.4. The molecule has 5 nitrogen and oxygen atoms in total. The van der Waals surface area contributed by atoms with E-state index in [0.717, 1.165) is 57.6 Å². The van der Waals surface area contributed by atoms with Crippen LogP contribution in [0, 0.1) is 11.3 Å². The summed E-state index contributed by atoms with van der Waals surface area (Å²) in [6.45, 7) is 8.76. The Morgan fingerprint density at radius 2 is 1.80 bits per heavy atom. The SMILES string of the molecule is CCCC(CCC)(Oc1ccc(C#N)cc1)C(O)CN1CCNCC1. The van der Waals surface area contributed by atoms with Gasteiger partial charge in [-0.25, -0.2) is 0 Å². The number of aliphatic hydroxyl groups excluding tert-OH is 1. The van der Waals surface area contributed by atoms with Gasteiger partial charge in [-0.2, -0.15) is 5.26 Å². The van der Waals surface area contributed by atoms with Crippen LogP contribution in [-0.4, -0.2) is 54.4 Å². The molecule has 138 valence electrons. The summed E-state index contributed by atoms with van der Waals surface area (Å²) in [6.07, 6.45) is 2.99. The van der Waals surface area contributed by atoms with Crippen LogP contribution < -0.4 is 10.1 Å². The molecule has 0 aliphatic carbocycles. The fourth-order valence-electron chi connectivity index (χ4n) is 3.61. The predicted octanol–water partition coefficient (Wildman–Crippen LogP) is 2.54. The third kappa shape index (κ3) is 5.43. The first-order valence-corrected chi connectivity index (χ1v) is 9.44. The van der Waals surface area contributed by atoms with Crippen molar-refractivity contribution < 1.29 is 9.84 Å². The van der Waals surface area contributed by atoms with Crippen molar-refractivity contribution in [2.45, 2.75) is 51.2 Å². The maximum atomic E-state index is 11.1. The highest BCUT2D eigenvalue weighted by Crippen LogP contribution is 2.31. The molecule has 1 aliphatic heterocycles. The first-order valence-electron chi connectivity index (χ1n) is 9.44. The maximum absolute atomic E-state index is 11.1. The van der Waals surface area contributed by atoms with E-state index < -0.39 is 11.7 Å². The van der Waals surface area contributed by atoms with Gasteiger partial charge in [-0.15, -0.1) is 0 Å². The summed E-state index contributed by atoms with van der Waals surface area (Å²) >= 11 is 0. The number of aliphatic hydroxyl groups is 1. The quantitative estimate of drug-likeness (QED) is 0.720. The Labute approximate surface area is 151 Å². The van der Waals surface area contributed by atoms with Crippen LogP contribution in [0.1, 0.15) is 45.1 Å². The number of nitrogens with zero attached hydrogens (tertiary/aromatic N) is 2. The van der Waals surface area contributed by atoms with Crippen LogP contribution in [0.2, 0.25) is 0 Å². The monoisotopic (exact) mass is 345 g/mol. The molecule has 1 atom stereocenters. The second-order valence-electron chi connectivity index (χ2n) is 6.87. The summed E-state index contributed by atoms with van der Waals surface area (Å²) < 4.78 is 6.38. The lowest BCUT2D eigenvalue weighted by Crippen LogP contribution is -2.55. The molecule has 1 aromatic rings. The summed E-state index contributed by atoms with van der Waals surface area (Å²) in [5.74, 6) is 0.722. The van der Waals surface area contributed by atoms with Gasteiger partial charge in [0.05, 0.1) is 11.6 Å². The maximum Gasteiger partial charge on any atom is 0.136 e. The Kier molecular flexibility index (Phi) is 7.70. The summed E-state index contributed by atoms with van der Waals surface area (Å²) in [5.41, 5.74) is 0.0352. The molecule has 0 radical (unpaired) electrons. The Balaban J connectivity index is 2.16. The van der Waals surface area contributed by atoms with Gasteiger partial charge in [0, 0.05) is 32.7 Å². The van der Waals surface area contributed by atoms with E-state index >= 15 is 0 Å². The molecule has 1 unspecified atom stereocenters. The van der Waals surface area contributed by atoms with Crippen LogP contribution in [0.25, 0.3) is 0 Å². The van der Waals surface area contributed by atoms with Crippen molar-refractivity contribution >= 4 is 0 Å². The third-order valence-corrected chi connectivity index (χ3v) is 4.90. The fourth-order valence-corrected chi connectivity index (χ4v) is 3.61. The second kappa shape index (κ2) is 9.76. The molecule has 0 aromatic heterocycles. The van der Waals surface area contributed by atoms with Gasteiger partial charge in [-0.3, -0.25) is 4.90 Å². The number of β-amino-alcohol motifs (C(OH)–C–C–N with tert-alkyl or cyclic N) is 1. The van der Waals surface area contributed by atoms with Crippen LogP contribution in [0.4, 0.5) is 0 Å².